The van der Waals surface area contributed by atoms with Crippen molar-refractivity contribution in [1.82, 2.24) is 0 Å². The molecule has 16 heavy (non-hydrogen) atoms. The Morgan fingerprint density at radius 3 is 2.69 bits per heavy atom. The Morgan fingerprint density at radius 1 is 1.50 bits per heavy atom. The molecule has 0 saturated heterocycles. The van der Waals surface area contributed by atoms with E-state index in [-0.39, 0.29) is 6.42 Å². The Labute approximate surface area is 98.6 Å². The van der Waals surface area contributed by atoms with E-state index in [4.69, 9.17) is 17.3 Å². The quantitative estimate of drug-likeness (QED) is 0.735. The van der Waals surface area contributed by atoms with E-state index in [0.29, 0.717) is 10.6 Å². The SMILES string of the molecule is Cc1ccc(Cl)cc1C(O)C(O)CC(N)=O. The number of hydrogen-bond donors (Lipinski definition) is 3. The highest BCUT2D eigenvalue weighted by Gasteiger charge is 2.21. The lowest BCUT2D eigenvalue weighted by Gasteiger charge is -2.18. The summed E-state index contributed by atoms with van der Waals surface area (Å²) in [7, 11) is 0. The molecule has 0 aliphatic carbocycles. The molecule has 0 fully saturated rings. The van der Waals surface area contributed by atoms with E-state index in [9.17, 15) is 15.0 Å². The number of aryl methyl sites for hydroxylation is 1. The summed E-state index contributed by atoms with van der Waals surface area (Å²) in [6, 6.07) is 4.98. The van der Waals surface area contributed by atoms with Crippen LogP contribution in [0.5, 0.6) is 0 Å². The molecule has 0 bridgehead atoms. The van der Waals surface area contributed by atoms with Crippen molar-refractivity contribution in [2.75, 3.05) is 0 Å². The normalized spacial score (nSPS) is 14.5. The van der Waals surface area contributed by atoms with Crippen LogP contribution in [0, 0.1) is 6.92 Å². The van der Waals surface area contributed by atoms with Crippen LogP contribution in [0.4, 0.5) is 0 Å². The summed E-state index contributed by atoms with van der Waals surface area (Å²) in [5.74, 6) is -0.661. The first-order chi connectivity index (χ1) is 7.41. The molecule has 1 rings (SSSR count). The molecule has 4 nitrogen and oxygen atoms in total. The monoisotopic (exact) mass is 243 g/mol. The van der Waals surface area contributed by atoms with Crippen LogP contribution in [-0.2, 0) is 4.79 Å². The fourth-order valence-corrected chi connectivity index (χ4v) is 1.64. The minimum absolute atomic E-state index is 0.285. The molecule has 0 radical (unpaired) electrons. The van der Waals surface area contributed by atoms with Crippen molar-refractivity contribution in [3.05, 3.63) is 34.3 Å². The number of carbonyl (C=O) groups is 1. The zero-order valence-electron chi connectivity index (χ0n) is 8.85. The first kappa shape index (κ1) is 13.0. The maximum absolute atomic E-state index is 10.6. The molecule has 2 atom stereocenters. The van der Waals surface area contributed by atoms with E-state index in [1.807, 2.05) is 0 Å². The Kier molecular flexibility index (Phi) is 4.29. The zero-order chi connectivity index (χ0) is 12.3. The van der Waals surface area contributed by atoms with Crippen LogP contribution in [0.15, 0.2) is 18.2 Å². The molecule has 1 amide bonds. The van der Waals surface area contributed by atoms with Crippen molar-refractivity contribution in [3.8, 4) is 0 Å². The molecule has 0 heterocycles. The Hall–Kier alpha value is -1.10. The van der Waals surface area contributed by atoms with E-state index in [1.165, 1.54) is 0 Å². The van der Waals surface area contributed by atoms with Crippen molar-refractivity contribution >= 4 is 17.5 Å². The number of aliphatic hydroxyl groups excluding tert-OH is 2. The van der Waals surface area contributed by atoms with Crippen molar-refractivity contribution in [3.63, 3.8) is 0 Å². The highest BCUT2D eigenvalue weighted by atomic mass is 35.5. The summed E-state index contributed by atoms with van der Waals surface area (Å²) in [6.07, 6.45) is -2.66. The molecule has 4 N–H and O–H groups in total. The van der Waals surface area contributed by atoms with Crippen LogP contribution in [0.25, 0.3) is 0 Å². The summed E-state index contributed by atoms with van der Waals surface area (Å²) in [6.45, 7) is 1.78. The summed E-state index contributed by atoms with van der Waals surface area (Å²) >= 11 is 5.79. The van der Waals surface area contributed by atoms with Gasteiger partial charge in [0.1, 0.15) is 6.10 Å². The average Bonchev–Trinajstić information content (AvgIpc) is 2.19. The van der Waals surface area contributed by atoms with Gasteiger partial charge in [0, 0.05) is 5.02 Å². The van der Waals surface area contributed by atoms with Gasteiger partial charge in [0.15, 0.2) is 0 Å². The molecule has 1 aromatic carbocycles. The number of primary amides is 1. The highest BCUT2D eigenvalue weighted by molar-refractivity contribution is 6.30. The number of aliphatic hydroxyl groups is 2. The van der Waals surface area contributed by atoms with Gasteiger partial charge < -0.3 is 15.9 Å². The molecule has 0 aromatic heterocycles. The summed E-state index contributed by atoms with van der Waals surface area (Å²) in [4.78, 5) is 10.6. The van der Waals surface area contributed by atoms with E-state index in [0.717, 1.165) is 5.56 Å². The second kappa shape index (κ2) is 5.30. The van der Waals surface area contributed by atoms with Crippen LogP contribution in [-0.4, -0.2) is 22.2 Å². The highest BCUT2D eigenvalue weighted by Crippen LogP contribution is 2.25. The standard InChI is InChI=1S/C11H14ClNO3/c1-6-2-3-7(12)4-8(6)11(16)9(14)5-10(13)15/h2-4,9,11,14,16H,5H2,1H3,(H2,13,15). The van der Waals surface area contributed by atoms with Gasteiger partial charge >= 0.3 is 0 Å². The van der Waals surface area contributed by atoms with Gasteiger partial charge in [-0.25, -0.2) is 0 Å². The minimum atomic E-state index is -1.21. The average molecular weight is 244 g/mol. The van der Waals surface area contributed by atoms with Crippen LogP contribution in [0.2, 0.25) is 5.02 Å². The third-order valence-electron chi connectivity index (χ3n) is 2.33. The maximum Gasteiger partial charge on any atom is 0.220 e. The van der Waals surface area contributed by atoms with Crippen LogP contribution >= 0.6 is 11.6 Å². The summed E-state index contributed by atoms with van der Waals surface area (Å²) in [5.41, 5.74) is 6.23. The van der Waals surface area contributed by atoms with Gasteiger partial charge in [-0.05, 0) is 30.2 Å². The van der Waals surface area contributed by atoms with E-state index < -0.39 is 18.1 Å². The fraction of sp³-hybridized carbons (Fsp3) is 0.364. The number of rotatable bonds is 4. The first-order valence-corrected chi connectivity index (χ1v) is 5.20. The first-order valence-electron chi connectivity index (χ1n) is 4.82. The molecule has 88 valence electrons. The number of carbonyl (C=O) groups excluding carboxylic acids is 1. The van der Waals surface area contributed by atoms with Crippen molar-refractivity contribution in [2.24, 2.45) is 5.73 Å². The Morgan fingerprint density at radius 2 is 2.12 bits per heavy atom. The summed E-state index contributed by atoms with van der Waals surface area (Å²) in [5, 5.41) is 19.9. The smallest absolute Gasteiger partial charge is 0.220 e. The number of halogens is 1. The van der Waals surface area contributed by atoms with E-state index in [2.05, 4.69) is 0 Å². The van der Waals surface area contributed by atoms with Gasteiger partial charge in [-0.3, -0.25) is 4.79 Å². The lowest BCUT2D eigenvalue weighted by Crippen LogP contribution is -2.26. The predicted octanol–water partition coefficient (Wildman–Crippen LogP) is 0.918. The maximum atomic E-state index is 10.6. The number of amides is 1. The second-order valence-corrected chi connectivity index (χ2v) is 4.12. The van der Waals surface area contributed by atoms with Gasteiger partial charge in [0.25, 0.3) is 0 Å². The van der Waals surface area contributed by atoms with E-state index in [1.54, 1.807) is 25.1 Å². The third kappa shape index (κ3) is 3.20. The van der Waals surface area contributed by atoms with Crippen molar-refractivity contribution in [2.45, 2.75) is 25.6 Å². The topological polar surface area (TPSA) is 83.6 Å². The predicted molar refractivity (Wildman–Crippen MR) is 61.0 cm³/mol. The fourth-order valence-electron chi connectivity index (χ4n) is 1.46. The largest absolute Gasteiger partial charge is 0.390 e. The van der Waals surface area contributed by atoms with E-state index >= 15 is 0 Å². The van der Waals surface area contributed by atoms with Gasteiger partial charge in [0.2, 0.25) is 5.91 Å². The van der Waals surface area contributed by atoms with Crippen molar-refractivity contribution in [1.29, 1.82) is 0 Å². The van der Waals surface area contributed by atoms with Crippen LogP contribution in [0.3, 0.4) is 0 Å². The second-order valence-electron chi connectivity index (χ2n) is 3.68. The number of nitrogens with two attached hydrogens (primary N) is 1. The van der Waals surface area contributed by atoms with Gasteiger partial charge in [-0.2, -0.15) is 0 Å². The molecule has 1 aromatic rings. The van der Waals surface area contributed by atoms with Crippen molar-refractivity contribution < 1.29 is 15.0 Å². The van der Waals surface area contributed by atoms with Crippen LogP contribution in [0.1, 0.15) is 23.7 Å². The summed E-state index contributed by atoms with van der Waals surface area (Å²) < 4.78 is 0. The lowest BCUT2D eigenvalue weighted by molar-refractivity contribution is -0.121. The third-order valence-corrected chi connectivity index (χ3v) is 2.57. The number of benzene rings is 1. The molecular formula is C11H14ClNO3. The molecule has 0 saturated carbocycles. The molecule has 0 spiro atoms. The van der Waals surface area contributed by atoms with Gasteiger partial charge in [-0.15, -0.1) is 0 Å². The Balaban J connectivity index is 2.90. The molecular weight excluding hydrogens is 230 g/mol. The lowest BCUT2D eigenvalue weighted by atomic mass is 9.98. The van der Waals surface area contributed by atoms with Gasteiger partial charge in [0.05, 0.1) is 12.5 Å². The number of hydrogen-bond acceptors (Lipinski definition) is 3. The molecule has 0 aliphatic heterocycles. The molecule has 2 unspecified atom stereocenters. The minimum Gasteiger partial charge on any atom is -0.390 e. The Bertz CT molecular complexity index is 395. The van der Waals surface area contributed by atoms with Crippen LogP contribution < -0.4 is 5.73 Å². The molecule has 5 heteroatoms. The van der Waals surface area contributed by atoms with Gasteiger partial charge in [-0.1, -0.05) is 17.7 Å². The molecule has 0 aliphatic rings. The zero-order valence-corrected chi connectivity index (χ0v) is 9.61.